The van der Waals surface area contributed by atoms with Gasteiger partial charge in [0.1, 0.15) is 21.8 Å². The number of carbonyl (C=O) groups excluding carboxylic acids is 2. The molecule has 1 aliphatic carbocycles. The maximum absolute atomic E-state index is 15.1. The first-order valence-electron chi connectivity index (χ1n) is 10.5. The van der Waals surface area contributed by atoms with E-state index in [1.54, 1.807) is 26.0 Å². The van der Waals surface area contributed by atoms with Crippen LogP contribution in [0, 0.1) is 0 Å². The second-order valence-electron chi connectivity index (χ2n) is 9.28. The van der Waals surface area contributed by atoms with E-state index in [9.17, 15) is 9.59 Å². The zero-order chi connectivity index (χ0) is 25.5. The minimum Gasteiger partial charge on any atom is -0.378 e. The van der Waals surface area contributed by atoms with E-state index in [0.717, 1.165) is 11.8 Å². The number of thioether (sulfide) groups is 1. The lowest BCUT2D eigenvalue weighted by Crippen LogP contribution is -2.50. The molecular formula is C24H27ClFN5O2S. The fourth-order valence-electron chi connectivity index (χ4n) is 3.45. The third-order valence-electron chi connectivity index (χ3n) is 5.24. The number of nitrogens with zero attached hydrogens (tertiary/aromatic N) is 2. The van der Waals surface area contributed by atoms with E-state index in [2.05, 4.69) is 27.2 Å². The fraction of sp³-hybridized carbons (Fsp3) is 0.333. The van der Waals surface area contributed by atoms with Crippen molar-refractivity contribution in [3.8, 4) is 0 Å². The summed E-state index contributed by atoms with van der Waals surface area (Å²) >= 11 is 6.91. The standard InChI is InChI=1S/C24H27ClFN5O2S/c1-13(29-19(32)17-10-8-15(25)12-28-17)7-9-16(26)14(2)23(6)18-11-24(18,34-21(27)31-23)20(33)30-22(3,4)5/h7-12H,2H2,1,3-6H3,(H2,27,31)(H,29,32)(H,30,33)/b13-7+,16-9+/t23-,24+/m1/s1. The Labute approximate surface area is 207 Å². The van der Waals surface area contributed by atoms with Gasteiger partial charge in [-0.15, -0.1) is 0 Å². The van der Waals surface area contributed by atoms with Gasteiger partial charge in [-0.1, -0.05) is 36.0 Å². The molecule has 0 fully saturated rings. The average Bonchev–Trinajstić information content (AvgIpc) is 3.47. The summed E-state index contributed by atoms with van der Waals surface area (Å²) in [5, 5.41) is 6.16. The van der Waals surface area contributed by atoms with Gasteiger partial charge in [0.25, 0.3) is 5.91 Å². The molecule has 10 heteroatoms. The average molecular weight is 504 g/mol. The molecule has 1 aromatic rings. The minimum atomic E-state index is -1.20. The van der Waals surface area contributed by atoms with Gasteiger partial charge in [0.05, 0.1) is 5.02 Å². The number of rotatable bonds is 6. The Morgan fingerprint density at radius 2 is 1.97 bits per heavy atom. The van der Waals surface area contributed by atoms with Crippen LogP contribution in [0.25, 0.3) is 0 Å². The van der Waals surface area contributed by atoms with Crippen molar-refractivity contribution in [1.82, 2.24) is 15.6 Å². The maximum Gasteiger partial charge on any atom is 0.273 e. The molecule has 2 atom stereocenters. The summed E-state index contributed by atoms with van der Waals surface area (Å²) in [7, 11) is 0. The number of pyridine rings is 1. The summed E-state index contributed by atoms with van der Waals surface area (Å²) in [4.78, 5) is 33.6. The number of aromatic nitrogens is 1. The second kappa shape index (κ2) is 9.03. The lowest BCUT2D eigenvalue weighted by Gasteiger charge is -2.35. The molecule has 7 nitrogen and oxygen atoms in total. The highest BCUT2D eigenvalue weighted by molar-refractivity contribution is 8.16. The van der Waals surface area contributed by atoms with Gasteiger partial charge in [-0.2, -0.15) is 0 Å². The van der Waals surface area contributed by atoms with E-state index in [-0.39, 0.29) is 22.3 Å². The summed E-state index contributed by atoms with van der Waals surface area (Å²) < 4.78 is 14.1. The summed E-state index contributed by atoms with van der Waals surface area (Å²) in [6, 6.07) is 3.04. The van der Waals surface area contributed by atoms with E-state index in [4.69, 9.17) is 17.3 Å². The van der Waals surface area contributed by atoms with Crippen LogP contribution in [-0.2, 0) is 4.79 Å². The number of halogens is 2. The minimum absolute atomic E-state index is 0.0576. The third-order valence-corrected chi connectivity index (χ3v) is 6.61. The van der Waals surface area contributed by atoms with Crippen LogP contribution in [0.3, 0.4) is 0 Å². The van der Waals surface area contributed by atoms with Crippen LogP contribution in [0.15, 0.2) is 70.8 Å². The molecule has 0 radical (unpaired) electrons. The molecule has 0 saturated carbocycles. The number of hydrogen-bond donors (Lipinski definition) is 3. The van der Waals surface area contributed by atoms with Crippen LogP contribution >= 0.6 is 23.4 Å². The molecule has 2 amide bonds. The van der Waals surface area contributed by atoms with Crippen LogP contribution in [-0.4, -0.2) is 37.8 Å². The van der Waals surface area contributed by atoms with Gasteiger partial charge in [0.2, 0.25) is 5.91 Å². The number of allylic oxidation sites excluding steroid dienone is 3. The van der Waals surface area contributed by atoms with E-state index in [0.29, 0.717) is 16.3 Å². The largest absolute Gasteiger partial charge is 0.378 e. The van der Waals surface area contributed by atoms with E-state index < -0.39 is 27.6 Å². The molecule has 180 valence electrons. The zero-order valence-corrected chi connectivity index (χ0v) is 21.2. The zero-order valence-electron chi connectivity index (χ0n) is 19.6. The van der Waals surface area contributed by atoms with Crippen LogP contribution in [0.2, 0.25) is 5.02 Å². The highest BCUT2D eigenvalue weighted by Crippen LogP contribution is 2.59. The highest BCUT2D eigenvalue weighted by Gasteiger charge is 2.63. The lowest BCUT2D eigenvalue weighted by atomic mass is 9.86. The van der Waals surface area contributed by atoms with E-state index >= 15 is 4.39 Å². The molecule has 0 unspecified atom stereocenters. The Kier molecular flexibility index (Phi) is 6.83. The summed E-state index contributed by atoms with van der Waals surface area (Å²) in [6.45, 7) is 12.8. The quantitative estimate of drug-likeness (QED) is 0.398. The highest BCUT2D eigenvalue weighted by atomic mass is 35.5. The number of aliphatic imine (C=N–C) groups is 1. The first-order chi connectivity index (χ1) is 15.7. The van der Waals surface area contributed by atoms with Crippen molar-refractivity contribution in [3.63, 3.8) is 0 Å². The van der Waals surface area contributed by atoms with Crippen LogP contribution in [0.5, 0.6) is 0 Å². The lowest BCUT2D eigenvalue weighted by molar-refractivity contribution is -0.122. The van der Waals surface area contributed by atoms with E-state index in [1.807, 2.05) is 20.8 Å². The number of fused-ring (bicyclic) bond motifs is 1. The SMILES string of the molecule is C=C(/C(F)=C\C=C(/C)NC(=O)c1ccc(Cl)cn1)[C@@]1(C)N=C(N)S[C@@]2(C(=O)NC(C)(C)C)C=C12. The Hall–Kier alpha value is -2.91. The topological polar surface area (TPSA) is 109 Å². The number of amidine groups is 1. The third kappa shape index (κ3) is 5.26. The van der Waals surface area contributed by atoms with Crippen molar-refractivity contribution in [2.75, 3.05) is 0 Å². The van der Waals surface area contributed by atoms with Gasteiger partial charge in [-0.3, -0.25) is 9.59 Å². The van der Waals surface area contributed by atoms with Crippen LogP contribution < -0.4 is 16.4 Å². The van der Waals surface area contributed by atoms with Crippen molar-refractivity contribution in [1.29, 1.82) is 0 Å². The number of nitrogens with one attached hydrogen (secondary N) is 2. The molecule has 0 aromatic carbocycles. The summed E-state index contributed by atoms with van der Waals surface area (Å²) in [6.07, 6.45) is 5.71. The number of nitrogens with two attached hydrogens (primary N) is 1. The molecule has 0 saturated heterocycles. The first kappa shape index (κ1) is 25.7. The Morgan fingerprint density at radius 1 is 1.29 bits per heavy atom. The molecule has 4 N–H and O–H groups in total. The number of hydrogen-bond acceptors (Lipinski definition) is 6. The first-order valence-corrected chi connectivity index (χ1v) is 11.6. The Morgan fingerprint density at radius 3 is 2.56 bits per heavy atom. The summed E-state index contributed by atoms with van der Waals surface area (Å²) in [5.74, 6) is -1.33. The van der Waals surface area contributed by atoms with Crippen molar-refractivity contribution in [2.24, 2.45) is 10.7 Å². The predicted molar refractivity (Wildman–Crippen MR) is 135 cm³/mol. The van der Waals surface area contributed by atoms with Gasteiger partial charge >= 0.3 is 0 Å². The number of carbonyl (C=O) groups is 2. The van der Waals surface area contributed by atoms with Gasteiger partial charge in [-0.25, -0.2) is 14.4 Å². The molecule has 1 aromatic heterocycles. The van der Waals surface area contributed by atoms with Crippen LogP contribution in [0.1, 0.15) is 45.1 Å². The molecule has 3 rings (SSSR count). The molecule has 0 spiro atoms. The summed E-state index contributed by atoms with van der Waals surface area (Å²) in [5.41, 5.74) is 5.65. The van der Waals surface area contributed by atoms with Gasteiger partial charge in [-0.05, 0) is 64.5 Å². The molecule has 2 heterocycles. The smallest absolute Gasteiger partial charge is 0.273 e. The van der Waals surface area contributed by atoms with Gasteiger partial charge in [0, 0.05) is 23.0 Å². The molecule has 0 bridgehead atoms. The Balaban J connectivity index is 1.75. The second-order valence-corrected chi connectivity index (χ2v) is 11.0. The maximum atomic E-state index is 15.1. The van der Waals surface area contributed by atoms with Gasteiger partial charge in [0.15, 0.2) is 5.17 Å². The predicted octanol–water partition coefficient (Wildman–Crippen LogP) is 4.19. The molecule has 2 aliphatic rings. The van der Waals surface area contributed by atoms with Crippen LogP contribution in [0.4, 0.5) is 4.39 Å². The van der Waals surface area contributed by atoms with E-state index in [1.165, 1.54) is 24.4 Å². The molecule has 34 heavy (non-hydrogen) atoms. The molecular weight excluding hydrogens is 477 g/mol. The van der Waals surface area contributed by atoms with Crippen molar-refractivity contribution in [2.45, 2.75) is 50.4 Å². The van der Waals surface area contributed by atoms with Gasteiger partial charge < -0.3 is 16.4 Å². The van der Waals surface area contributed by atoms with Crippen molar-refractivity contribution in [3.05, 3.63) is 76.5 Å². The monoisotopic (exact) mass is 503 g/mol. The normalized spacial score (nSPS) is 24.4. The Bertz CT molecular complexity index is 1180. The van der Waals surface area contributed by atoms with Crippen molar-refractivity contribution < 1.29 is 14.0 Å². The number of amides is 2. The molecule has 1 aliphatic heterocycles. The fourth-order valence-corrected chi connectivity index (χ4v) is 4.75. The van der Waals surface area contributed by atoms with Crippen molar-refractivity contribution >= 4 is 40.3 Å².